The van der Waals surface area contributed by atoms with Crippen molar-refractivity contribution in [2.75, 3.05) is 0 Å². The Morgan fingerprint density at radius 2 is 1.96 bits per heavy atom. The van der Waals surface area contributed by atoms with Crippen LogP contribution in [0, 0.1) is 0 Å². The number of amides is 3. The molecular formula is C18H18N4O3S. The molecule has 0 atom stereocenters. The molecule has 2 heterocycles. The monoisotopic (exact) mass is 370 g/mol. The molecule has 1 aromatic carbocycles. The molecule has 26 heavy (non-hydrogen) atoms. The maximum atomic E-state index is 12.6. The first kappa shape index (κ1) is 17.8. The number of carbonyl (C=O) groups excluding carboxylic acids is 2. The van der Waals surface area contributed by atoms with E-state index >= 15 is 0 Å². The molecule has 0 fully saturated rings. The van der Waals surface area contributed by atoms with Crippen LogP contribution in [-0.4, -0.2) is 27.5 Å². The number of benzene rings is 1. The molecule has 0 spiro atoms. The predicted molar refractivity (Wildman–Crippen MR) is 101 cm³/mol. The van der Waals surface area contributed by atoms with Crippen molar-refractivity contribution in [1.82, 2.24) is 20.2 Å². The summed E-state index contributed by atoms with van der Waals surface area (Å²) in [6.07, 6.45) is 1.33. The summed E-state index contributed by atoms with van der Waals surface area (Å²) in [5.41, 5.74) is 1.29. The number of aromatic nitrogens is 2. The predicted octanol–water partition coefficient (Wildman–Crippen LogP) is 2.36. The molecule has 8 heteroatoms. The first-order valence-electron chi connectivity index (χ1n) is 8.09. The number of thiophene rings is 1. The van der Waals surface area contributed by atoms with E-state index in [-0.39, 0.29) is 18.1 Å². The van der Waals surface area contributed by atoms with Gasteiger partial charge in [-0.3, -0.25) is 19.5 Å². The maximum Gasteiger partial charge on any atom is 0.321 e. The summed E-state index contributed by atoms with van der Waals surface area (Å²) in [6.45, 7) is 3.30. The second kappa shape index (κ2) is 7.49. The van der Waals surface area contributed by atoms with Crippen LogP contribution in [0.5, 0.6) is 0 Å². The zero-order chi connectivity index (χ0) is 18.7. The molecule has 0 saturated heterocycles. The lowest BCUT2D eigenvalue weighted by molar-refractivity contribution is -0.120. The normalized spacial score (nSPS) is 10.9. The summed E-state index contributed by atoms with van der Waals surface area (Å²) in [5.74, 6) is -0.578. The number of hydrogen-bond donors (Lipinski definition) is 2. The van der Waals surface area contributed by atoms with Gasteiger partial charge in [0, 0.05) is 10.9 Å². The Labute approximate surface area is 153 Å². The highest BCUT2D eigenvalue weighted by Crippen LogP contribution is 2.30. The van der Waals surface area contributed by atoms with Gasteiger partial charge >= 0.3 is 6.03 Å². The third-order valence-electron chi connectivity index (χ3n) is 3.55. The lowest BCUT2D eigenvalue weighted by Crippen LogP contribution is -2.44. The lowest BCUT2D eigenvalue weighted by Gasteiger charge is -2.09. The van der Waals surface area contributed by atoms with Crippen LogP contribution in [-0.2, 0) is 11.3 Å². The quantitative estimate of drug-likeness (QED) is 0.737. The second-order valence-electron chi connectivity index (χ2n) is 6.05. The van der Waals surface area contributed by atoms with Crippen LogP contribution in [0.3, 0.4) is 0 Å². The van der Waals surface area contributed by atoms with Crippen molar-refractivity contribution >= 4 is 33.5 Å². The van der Waals surface area contributed by atoms with Gasteiger partial charge in [0.25, 0.3) is 5.56 Å². The first-order chi connectivity index (χ1) is 12.4. The highest BCUT2D eigenvalue weighted by molar-refractivity contribution is 7.22. The molecule has 0 aliphatic carbocycles. The van der Waals surface area contributed by atoms with E-state index in [1.54, 1.807) is 13.8 Å². The minimum Gasteiger partial charge on any atom is -0.336 e. The van der Waals surface area contributed by atoms with Crippen molar-refractivity contribution in [2.45, 2.75) is 26.4 Å². The molecule has 0 aliphatic rings. The molecule has 0 radical (unpaired) electrons. The van der Waals surface area contributed by atoms with Gasteiger partial charge in [0.2, 0.25) is 5.91 Å². The van der Waals surface area contributed by atoms with Gasteiger partial charge in [0.15, 0.2) is 0 Å². The summed E-state index contributed by atoms with van der Waals surface area (Å²) in [6, 6.07) is 10.9. The molecule has 134 valence electrons. The number of urea groups is 1. The zero-order valence-electron chi connectivity index (χ0n) is 14.4. The largest absolute Gasteiger partial charge is 0.336 e. The van der Waals surface area contributed by atoms with Gasteiger partial charge in [-0.2, -0.15) is 0 Å². The molecule has 2 aromatic heterocycles. The summed E-state index contributed by atoms with van der Waals surface area (Å²) < 4.78 is 1.68. The van der Waals surface area contributed by atoms with E-state index in [1.165, 1.54) is 22.2 Å². The minimum atomic E-state index is -0.588. The van der Waals surface area contributed by atoms with Crippen LogP contribution >= 0.6 is 11.3 Å². The van der Waals surface area contributed by atoms with Crippen LogP contribution in [0.4, 0.5) is 4.79 Å². The maximum absolute atomic E-state index is 12.6. The summed E-state index contributed by atoms with van der Waals surface area (Å²) in [5, 5.41) is 4.75. The zero-order valence-corrected chi connectivity index (χ0v) is 15.2. The highest BCUT2D eigenvalue weighted by atomic mass is 32.1. The topological polar surface area (TPSA) is 93.1 Å². The fraction of sp³-hybridized carbons (Fsp3) is 0.222. The Morgan fingerprint density at radius 1 is 1.23 bits per heavy atom. The molecule has 3 rings (SSSR count). The number of nitrogens with zero attached hydrogens (tertiary/aromatic N) is 2. The summed E-state index contributed by atoms with van der Waals surface area (Å²) in [7, 11) is 0. The fourth-order valence-electron chi connectivity index (χ4n) is 2.42. The van der Waals surface area contributed by atoms with E-state index in [0.717, 1.165) is 10.4 Å². The van der Waals surface area contributed by atoms with Crippen molar-refractivity contribution in [1.29, 1.82) is 0 Å². The van der Waals surface area contributed by atoms with Crippen LogP contribution in [0.15, 0.2) is 47.5 Å². The number of rotatable bonds is 4. The lowest BCUT2D eigenvalue weighted by atomic mass is 10.2. The third-order valence-corrected chi connectivity index (χ3v) is 4.71. The molecule has 0 bridgehead atoms. The van der Waals surface area contributed by atoms with Crippen LogP contribution in [0.1, 0.15) is 13.8 Å². The van der Waals surface area contributed by atoms with E-state index in [1.807, 2.05) is 36.4 Å². The van der Waals surface area contributed by atoms with Crippen LogP contribution in [0.25, 0.3) is 20.7 Å². The van der Waals surface area contributed by atoms with E-state index < -0.39 is 11.9 Å². The Bertz CT molecular complexity index is 1010. The van der Waals surface area contributed by atoms with E-state index in [2.05, 4.69) is 15.6 Å². The number of carbonyl (C=O) groups is 2. The smallest absolute Gasteiger partial charge is 0.321 e. The van der Waals surface area contributed by atoms with Crippen molar-refractivity contribution in [3.63, 3.8) is 0 Å². The average Bonchev–Trinajstić information content (AvgIpc) is 3.02. The van der Waals surface area contributed by atoms with Crippen molar-refractivity contribution in [3.05, 3.63) is 53.1 Å². The van der Waals surface area contributed by atoms with Crippen molar-refractivity contribution < 1.29 is 9.59 Å². The number of hydrogen-bond acceptors (Lipinski definition) is 5. The van der Waals surface area contributed by atoms with E-state index in [4.69, 9.17) is 0 Å². The first-order valence-corrected chi connectivity index (χ1v) is 8.90. The van der Waals surface area contributed by atoms with E-state index in [0.29, 0.717) is 10.2 Å². The number of fused-ring (bicyclic) bond motifs is 1. The molecule has 0 aliphatic heterocycles. The standard InChI is InChI=1S/C18H18N4O3S/c1-11(2)20-18(25)21-15(23)9-22-10-19-13-8-14(26-16(13)17(22)24)12-6-4-3-5-7-12/h3-8,10-11H,9H2,1-2H3,(H2,20,21,23,25). The number of imide groups is 1. The summed E-state index contributed by atoms with van der Waals surface area (Å²) >= 11 is 1.33. The molecule has 3 amide bonds. The van der Waals surface area contributed by atoms with Gasteiger partial charge in [-0.25, -0.2) is 9.78 Å². The van der Waals surface area contributed by atoms with E-state index in [9.17, 15) is 14.4 Å². The van der Waals surface area contributed by atoms with Gasteiger partial charge in [0.1, 0.15) is 11.2 Å². The molecule has 0 saturated carbocycles. The Hall–Kier alpha value is -3.00. The van der Waals surface area contributed by atoms with Gasteiger partial charge in [-0.1, -0.05) is 30.3 Å². The van der Waals surface area contributed by atoms with Crippen LogP contribution < -0.4 is 16.2 Å². The van der Waals surface area contributed by atoms with Gasteiger partial charge in [-0.05, 0) is 25.5 Å². The molecule has 2 N–H and O–H groups in total. The Kier molecular flexibility index (Phi) is 5.13. The average molecular weight is 370 g/mol. The Balaban J connectivity index is 1.82. The molecule has 3 aromatic rings. The highest BCUT2D eigenvalue weighted by Gasteiger charge is 2.14. The van der Waals surface area contributed by atoms with Crippen molar-refractivity contribution in [3.8, 4) is 10.4 Å². The molecule has 7 nitrogen and oxygen atoms in total. The fourth-order valence-corrected chi connectivity index (χ4v) is 3.49. The van der Waals surface area contributed by atoms with Gasteiger partial charge in [-0.15, -0.1) is 11.3 Å². The van der Waals surface area contributed by atoms with Gasteiger partial charge < -0.3 is 5.32 Å². The SMILES string of the molecule is CC(C)NC(=O)NC(=O)Cn1cnc2cc(-c3ccccc3)sc2c1=O. The van der Waals surface area contributed by atoms with Gasteiger partial charge in [0.05, 0.1) is 11.8 Å². The summed E-state index contributed by atoms with van der Waals surface area (Å²) in [4.78, 5) is 41.4. The second-order valence-corrected chi connectivity index (χ2v) is 7.10. The van der Waals surface area contributed by atoms with Crippen molar-refractivity contribution in [2.24, 2.45) is 0 Å². The third kappa shape index (κ3) is 3.97. The Morgan fingerprint density at radius 3 is 2.65 bits per heavy atom. The molecular weight excluding hydrogens is 352 g/mol. The van der Waals surface area contributed by atoms with Crippen LogP contribution in [0.2, 0.25) is 0 Å². The molecule has 0 unspecified atom stereocenters. The minimum absolute atomic E-state index is 0.0916. The number of nitrogens with one attached hydrogen (secondary N) is 2.